The minimum atomic E-state index is -0.630. The van der Waals surface area contributed by atoms with Crippen LogP contribution in [0.2, 0.25) is 0 Å². The fourth-order valence-corrected chi connectivity index (χ4v) is 4.69. The molecule has 186 valence electrons. The summed E-state index contributed by atoms with van der Waals surface area (Å²) in [6.07, 6.45) is 0.0284. The molecule has 4 rings (SSSR count). The zero-order valence-electron chi connectivity index (χ0n) is 20.0. The summed E-state index contributed by atoms with van der Waals surface area (Å²) >= 11 is 5.75. The number of benzene rings is 2. The van der Waals surface area contributed by atoms with E-state index in [4.69, 9.17) is 21.7 Å². The predicted molar refractivity (Wildman–Crippen MR) is 138 cm³/mol. The number of carbonyl (C=O) groups is 2. The average molecular weight is 497 g/mol. The van der Waals surface area contributed by atoms with Crippen LogP contribution in [0.15, 0.2) is 54.6 Å². The van der Waals surface area contributed by atoms with Crippen LogP contribution in [0.4, 0.5) is 5.69 Å². The zero-order chi connectivity index (χ0) is 24.6. The van der Waals surface area contributed by atoms with Gasteiger partial charge in [-0.2, -0.15) is 0 Å². The van der Waals surface area contributed by atoms with Gasteiger partial charge in [0, 0.05) is 31.9 Å². The number of morpholine rings is 1. The normalized spacial score (nSPS) is 18.7. The largest absolute Gasteiger partial charge is 0.494 e. The summed E-state index contributed by atoms with van der Waals surface area (Å²) in [5.74, 6) is 0.378. The summed E-state index contributed by atoms with van der Waals surface area (Å²) in [6.45, 7) is 7.35. The SMILES string of the molecule is CCOc1ccc(NC(=O)C[C@H]2C(=O)N(Cc3ccccc3)C(=S)N2CCN2CCOCC2)cc1. The van der Waals surface area contributed by atoms with E-state index >= 15 is 0 Å². The highest BCUT2D eigenvalue weighted by atomic mass is 32.1. The highest BCUT2D eigenvalue weighted by Crippen LogP contribution is 2.24. The van der Waals surface area contributed by atoms with E-state index in [1.54, 1.807) is 17.0 Å². The highest BCUT2D eigenvalue weighted by Gasteiger charge is 2.43. The topological polar surface area (TPSA) is 74.4 Å². The molecule has 2 aliphatic rings. The Bertz CT molecular complexity index is 1010. The van der Waals surface area contributed by atoms with Crippen LogP contribution in [0.3, 0.4) is 0 Å². The molecule has 0 unspecified atom stereocenters. The maximum atomic E-state index is 13.5. The molecule has 8 nitrogen and oxygen atoms in total. The van der Waals surface area contributed by atoms with Crippen molar-refractivity contribution < 1.29 is 19.1 Å². The number of anilines is 1. The first kappa shape index (κ1) is 25.1. The van der Waals surface area contributed by atoms with Gasteiger partial charge in [-0.1, -0.05) is 30.3 Å². The Balaban J connectivity index is 1.44. The summed E-state index contributed by atoms with van der Waals surface area (Å²) in [5, 5.41) is 3.38. The molecule has 0 aromatic heterocycles. The Morgan fingerprint density at radius 3 is 2.49 bits per heavy atom. The van der Waals surface area contributed by atoms with Crippen molar-refractivity contribution in [2.24, 2.45) is 0 Å². The molecular formula is C26H32N4O4S. The van der Waals surface area contributed by atoms with Gasteiger partial charge in [0.25, 0.3) is 5.91 Å². The first-order valence-corrected chi connectivity index (χ1v) is 12.4. The van der Waals surface area contributed by atoms with Gasteiger partial charge in [-0.15, -0.1) is 0 Å². The number of ether oxygens (including phenoxy) is 2. The van der Waals surface area contributed by atoms with Crippen molar-refractivity contribution in [3.63, 3.8) is 0 Å². The predicted octanol–water partition coefficient (Wildman–Crippen LogP) is 2.74. The van der Waals surface area contributed by atoms with Crippen molar-refractivity contribution in [3.8, 4) is 5.75 Å². The minimum Gasteiger partial charge on any atom is -0.494 e. The molecule has 2 aromatic carbocycles. The van der Waals surface area contributed by atoms with Crippen molar-refractivity contribution in [1.82, 2.24) is 14.7 Å². The van der Waals surface area contributed by atoms with Crippen LogP contribution in [0.25, 0.3) is 0 Å². The molecule has 2 aliphatic heterocycles. The Morgan fingerprint density at radius 1 is 1.09 bits per heavy atom. The quantitative estimate of drug-likeness (QED) is 0.507. The van der Waals surface area contributed by atoms with Crippen molar-refractivity contribution in [2.45, 2.75) is 25.9 Å². The van der Waals surface area contributed by atoms with Crippen LogP contribution < -0.4 is 10.1 Å². The van der Waals surface area contributed by atoms with E-state index in [9.17, 15) is 9.59 Å². The fourth-order valence-electron chi connectivity index (χ4n) is 4.32. The van der Waals surface area contributed by atoms with Gasteiger partial charge in [-0.25, -0.2) is 0 Å². The van der Waals surface area contributed by atoms with Gasteiger partial charge < -0.3 is 19.7 Å². The first-order valence-electron chi connectivity index (χ1n) is 12.0. The van der Waals surface area contributed by atoms with Crippen molar-refractivity contribution >= 4 is 34.8 Å². The van der Waals surface area contributed by atoms with Crippen LogP contribution in [-0.2, 0) is 20.9 Å². The third-order valence-corrected chi connectivity index (χ3v) is 6.63. The second-order valence-corrected chi connectivity index (χ2v) is 8.93. The Morgan fingerprint density at radius 2 is 1.80 bits per heavy atom. The Hall–Kier alpha value is -3.01. The van der Waals surface area contributed by atoms with Gasteiger partial charge in [0.05, 0.1) is 32.8 Å². The third-order valence-electron chi connectivity index (χ3n) is 6.18. The lowest BCUT2D eigenvalue weighted by molar-refractivity contribution is -0.131. The van der Waals surface area contributed by atoms with Crippen molar-refractivity contribution in [3.05, 3.63) is 60.2 Å². The molecule has 0 saturated carbocycles. The maximum Gasteiger partial charge on any atom is 0.252 e. The lowest BCUT2D eigenvalue weighted by atomic mass is 10.1. The second kappa shape index (κ2) is 12.1. The van der Waals surface area contributed by atoms with Gasteiger partial charge in [0.1, 0.15) is 11.8 Å². The van der Waals surface area contributed by atoms with Crippen LogP contribution in [0.1, 0.15) is 18.9 Å². The fraction of sp³-hybridized carbons (Fsp3) is 0.423. The van der Waals surface area contributed by atoms with Crippen LogP contribution in [0.5, 0.6) is 5.75 Å². The van der Waals surface area contributed by atoms with E-state index < -0.39 is 6.04 Å². The number of amides is 2. The molecule has 2 amide bonds. The standard InChI is InChI=1S/C26H32N4O4S/c1-2-34-22-10-8-21(9-11-22)27-24(31)18-23-25(32)30(19-20-6-4-3-5-7-20)26(35)29(23)13-12-28-14-16-33-17-15-28/h3-11,23H,2,12-19H2,1H3,(H,27,31)/t23-/m0/s1. The maximum absolute atomic E-state index is 13.5. The molecule has 1 N–H and O–H groups in total. The lowest BCUT2D eigenvalue weighted by Crippen LogP contribution is -2.45. The molecule has 0 radical (unpaired) electrons. The summed E-state index contributed by atoms with van der Waals surface area (Å²) in [4.78, 5) is 32.2. The molecule has 2 aromatic rings. The van der Waals surface area contributed by atoms with E-state index in [1.165, 1.54) is 0 Å². The van der Waals surface area contributed by atoms with E-state index in [2.05, 4.69) is 10.2 Å². The smallest absolute Gasteiger partial charge is 0.252 e. The molecular weight excluding hydrogens is 464 g/mol. The van der Waals surface area contributed by atoms with E-state index in [1.807, 2.05) is 54.3 Å². The van der Waals surface area contributed by atoms with Crippen molar-refractivity contribution in [1.29, 1.82) is 0 Å². The molecule has 0 aliphatic carbocycles. The lowest BCUT2D eigenvalue weighted by Gasteiger charge is -2.30. The molecule has 2 saturated heterocycles. The van der Waals surface area contributed by atoms with Gasteiger partial charge in [-0.05, 0) is 49.0 Å². The summed E-state index contributed by atoms with van der Waals surface area (Å²) in [6, 6.07) is 16.3. The second-order valence-electron chi connectivity index (χ2n) is 8.57. The van der Waals surface area contributed by atoms with Gasteiger partial charge in [-0.3, -0.25) is 19.4 Å². The average Bonchev–Trinajstić information content (AvgIpc) is 3.09. The number of thiocarbonyl (C=S) groups is 1. The molecule has 2 heterocycles. The number of nitrogens with one attached hydrogen (secondary N) is 1. The molecule has 35 heavy (non-hydrogen) atoms. The molecule has 2 fully saturated rings. The monoisotopic (exact) mass is 496 g/mol. The van der Waals surface area contributed by atoms with Gasteiger partial charge in [0.15, 0.2) is 5.11 Å². The van der Waals surface area contributed by atoms with E-state index in [0.29, 0.717) is 43.7 Å². The van der Waals surface area contributed by atoms with Crippen LogP contribution in [-0.4, -0.2) is 83.7 Å². The number of carbonyl (C=O) groups excluding carboxylic acids is 2. The van der Waals surface area contributed by atoms with E-state index in [0.717, 1.165) is 30.9 Å². The Labute approximate surface area is 211 Å². The minimum absolute atomic E-state index is 0.0284. The highest BCUT2D eigenvalue weighted by molar-refractivity contribution is 7.80. The zero-order valence-corrected chi connectivity index (χ0v) is 20.8. The molecule has 1 atom stereocenters. The van der Waals surface area contributed by atoms with Gasteiger partial charge in [0.2, 0.25) is 5.91 Å². The molecule has 9 heteroatoms. The van der Waals surface area contributed by atoms with Crippen molar-refractivity contribution in [2.75, 3.05) is 51.3 Å². The van der Waals surface area contributed by atoms with Crippen LogP contribution >= 0.6 is 12.2 Å². The number of hydrogen-bond acceptors (Lipinski definition) is 6. The Kier molecular flexibility index (Phi) is 8.68. The summed E-state index contributed by atoms with van der Waals surface area (Å²) in [5.41, 5.74) is 1.66. The summed E-state index contributed by atoms with van der Waals surface area (Å²) in [7, 11) is 0. The first-order chi connectivity index (χ1) is 17.0. The summed E-state index contributed by atoms with van der Waals surface area (Å²) < 4.78 is 10.9. The molecule has 0 bridgehead atoms. The van der Waals surface area contributed by atoms with Gasteiger partial charge >= 0.3 is 0 Å². The number of hydrogen-bond donors (Lipinski definition) is 1. The number of rotatable bonds is 10. The molecule has 0 spiro atoms. The van der Waals surface area contributed by atoms with E-state index in [-0.39, 0.29) is 18.2 Å². The number of nitrogens with zero attached hydrogens (tertiary/aromatic N) is 3. The van der Waals surface area contributed by atoms with Crippen LogP contribution in [0, 0.1) is 0 Å². The third kappa shape index (κ3) is 6.56.